The zero-order valence-corrected chi connectivity index (χ0v) is 8.83. The lowest BCUT2D eigenvalue weighted by Gasteiger charge is -1.99. The summed E-state index contributed by atoms with van der Waals surface area (Å²) in [5, 5.41) is 3.91. The molecule has 0 radical (unpaired) electrons. The molecular weight excluding hydrogens is 218 g/mol. The molecule has 5 heteroatoms. The predicted octanol–water partition coefficient (Wildman–Crippen LogP) is 2.58. The zero-order valence-electron chi connectivity index (χ0n) is 8.83. The Morgan fingerprint density at radius 1 is 1.18 bits per heavy atom. The Labute approximate surface area is 96.9 Å². The lowest BCUT2D eigenvalue weighted by Crippen LogP contribution is -1.87. The van der Waals surface area contributed by atoms with Gasteiger partial charge in [-0.15, -0.1) is 0 Å². The molecule has 0 aliphatic rings. The van der Waals surface area contributed by atoms with Crippen LogP contribution in [0.3, 0.4) is 0 Å². The molecule has 5 nitrogen and oxygen atoms in total. The maximum absolute atomic E-state index is 5.78. The van der Waals surface area contributed by atoms with Crippen LogP contribution in [0.15, 0.2) is 51.9 Å². The molecule has 0 saturated carbocycles. The highest BCUT2D eigenvalue weighted by Gasteiger charge is 2.19. The molecule has 2 N–H and O–H groups in total. The number of anilines is 1. The fourth-order valence-electron chi connectivity index (χ4n) is 1.67. The van der Waals surface area contributed by atoms with Gasteiger partial charge in [-0.05, 0) is 18.2 Å². The van der Waals surface area contributed by atoms with Gasteiger partial charge in [0, 0.05) is 18.0 Å². The van der Waals surface area contributed by atoms with Crippen molar-refractivity contribution in [1.29, 1.82) is 0 Å². The molecule has 0 aliphatic heterocycles. The van der Waals surface area contributed by atoms with Crippen LogP contribution in [0.25, 0.3) is 22.6 Å². The van der Waals surface area contributed by atoms with Gasteiger partial charge in [-0.2, -0.15) is 0 Å². The van der Waals surface area contributed by atoms with Crippen molar-refractivity contribution in [2.24, 2.45) is 0 Å². The monoisotopic (exact) mass is 227 g/mol. The Morgan fingerprint density at radius 3 is 2.82 bits per heavy atom. The SMILES string of the molecule is Nc1onc(-c2ccco2)c1-c1cccnc1. The van der Waals surface area contributed by atoms with E-state index < -0.39 is 0 Å². The highest BCUT2D eigenvalue weighted by Crippen LogP contribution is 2.35. The van der Waals surface area contributed by atoms with Crippen molar-refractivity contribution in [1.82, 2.24) is 10.1 Å². The van der Waals surface area contributed by atoms with Gasteiger partial charge in [0.1, 0.15) is 0 Å². The second-order valence-electron chi connectivity index (χ2n) is 3.49. The van der Waals surface area contributed by atoms with Gasteiger partial charge in [-0.25, -0.2) is 0 Å². The number of nitrogens with two attached hydrogens (primary N) is 1. The largest absolute Gasteiger partial charge is 0.463 e. The molecule has 0 spiro atoms. The number of nitrogen functional groups attached to an aromatic ring is 1. The smallest absolute Gasteiger partial charge is 0.230 e. The Morgan fingerprint density at radius 2 is 2.12 bits per heavy atom. The summed E-state index contributed by atoms with van der Waals surface area (Å²) in [5.74, 6) is 0.869. The van der Waals surface area contributed by atoms with Gasteiger partial charge in [-0.1, -0.05) is 11.2 Å². The number of aromatic nitrogens is 2. The average molecular weight is 227 g/mol. The summed E-state index contributed by atoms with van der Waals surface area (Å²) in [7, 11) is 0. The fraction of sp³-hybridized carbons (Fsp3) is 0. The van der Waals surface area contributed by atoms with Crippen LogP contribution in [-0.2, 0) is 0 Å². The summed E-state index contributed by atoms with van der Waals surface area (Å²) in [6, 6.07) is 7.31. The molecule has 0 bridgehead atoms. The third-order valence-electron chi connectivity index (χ3n) is 2.42. The molecular formula is C12H9N3O2. The first-order valence-corrected chi connectivity index (χ1v) is 5.05. The van der Waals surface area contributed by atoms with Gasteiger partial charge in [-0.3, -0.25) is 4.98 Å². The third kappa shape index (κ3) is 1.57. The molecule has 84 valence electrons. The van der Waals surface area contributed by atoms with Crippen LogP contribution < -0.4 is 5.73 Å². The first-order chi connectivity index (χ1) is 8.36. The summed E-state index contributed by atoms with van der Waals surface area (Å²) in [5.41, 5.74) is 7.91. The topological polar surface area (TPSA) is 78.1 Å². The van der Waals surface area contributed by atoms with Gasteiger partial charge in [0.15, 0.2) is 11.5 Å². The van der Waals surface area contributed by atoms with Crippen LogP contribution in [0.1, 0.15) is 0 Å². The van der Waals surface area contributed by atoms with Crippen molar-refractivity contribution in [2.75, 3.05) is 5.73 Å². The number of rotatable bonds is 2. The van der Waals surface area contributed by atoms with E-state index in [1.54, 1.807) is 30.8 Å². The van der Waals surface area contributed by atoms with E-state index in [2.05, 4.69) is 10.1 Å². The van der Waals surface area contributed by atoms with Crippen molar-refractivity contribution in [3.8, 4) is 22.6 Å². The lowest BCUT2D eigenvalue weighted by atomic mass is 10.1. The number of furan rings is 1. The molecule has 0 aliphatic carbocycles. The van der Waals surface area contributed by atoms with Crippen LogP contribution >= 0.6 is 0 Å². The second kappa shape index (κ2) is 3.79. The van der Waals surface area contributed by atoms with Crippen LogP contribution in [0.2, 0.25) is 0 Å². The summed E-state index contributed by atoms with van der Waals surface area (Å²) in [4.78, 5) is 4.05. The van der Waals surface area contributed by atoms with Crippen molar-refractivity contribution < 1.29 is 8.94 Å². The second-order valence-corrected chi connectivity index (χ2v) is 3.49. The highest BCUT2D eigenvalue weighted by molar-refractivity contribution is 5.84. The third-order valence-corrected chi connectivity index (χ3v) is 2.42. The standard InChI is InChI=1S/C12H9N3O2/c13-12-10(8-3-1-5-14-7-8)11(15-17-12)9-4-2-6-16-9/h1-7H,13H2. The molecule has 0 unspecified atom stereocenters. The van der Waals surface area contributed by atoms with Gasteiger partial charge in [0.05, 0.1) is 11.8 Å². The number of pyridine rings is 1. The van der Waals surface area contributed by atoms with Gasteiger partial charge in [0.25, 0.3) is 0 Å². The molecule has 3 aromatic rings. The van der Waals surface area contributed by atoms with E-state index in [1.165, 1.54) is 0 Å². The summed E-state index contributed by atoms with van der Waals surface area (Å²) in [6.45, 7) is 0. The minimum absolute atomic E-state index is 0.254. The van der Waals surface area contributed by atoms with Crippen LogP contribution in [-0.4, -0.2) is 10.1 Å². The van der Waals surface area contributed by atoms with E-state index in [9.17, 15) is 0 Å². The molecule has 0 atom stereocenters. The van der Waals surface area contributed by atoms with E-state index in [-0.39, 0.29) is 5.88 Å². The van der Waals surface area contributed by atoms with Crippen molar-refractivity contribution in [2.45, 2.75) is 0 Å². The summed E-state index contributed by atoms with van der Waals surface area (Å²) >= 11 is 0. The Bertz CT molecular complexity index is 615. The first kappa shape index (κ1) is 9.65. The Hall–Kier alpha value is -2.56. The average Bonchev–Trinajstić information content (AvgIpc) is 2.98. The highest BCUT2D eigenvalue weighted by atomic mass is 16.5. The predicted molar refractivity (Wildman–Crippen MR) is 61.8 cm³/mol. The number of hydrogen-bond acceptors (Lipinski definition) is 5. The van der Waals surface area contributed by atoms with Crippen molar-refractivity contribution in [3.05, 3.63) is 42.9 Å². The molecule has 0 aromatic carbocycles. The Balaban J connectivity index is 2.20. The molecule has 3 heterocycles. The van der Waals surface area contributed by atoms with Crippen LogP contribution in [0.4, 0.5) is 5.88 Å². The molecule has 0 amide bonds. The van der Waals surface area contributed by atoms with Crippen molar-refractivity contribution in [3.63, 3.8) is 0 Å². The number of hydrogen-bond donors (Lipinski definition) is 1. The quantitative estimate of drug-likeness (QED) is 0.727. The molecule has 0 fully saturated rings. The lowest BCUT2D eigenvalue weighted by molar-refractivity contribution is 0.436. The number of nitrogens with zero attached hydrogens (tertiary/aromatic N) is 2. The Kier molecular flexibility index (Phi) is 2.15. The van der Waals surface area contributed by atoms with Gasteiger partial charge >= 0.3 is 0 Å². The van der Waals surface area contributed by atoms with E-state index in [0.717, 1.165) is 5.56 Å². The maximum Gasteiger partial charge on any atom is 0.230 e. The maximum atomic E-state index is 5.78. The normalized spacial score (nSPS) is 10.6. The van der Waals surface area contributed by atoms with Crippen LogP contribution in [0, 0.1) is 0 Å². The molecule has 0 saturated heterocycles. The van der Waals surface area contributed by atoms with E-state index in [0.29, 0.717) is 17.0 Å². The zero-order chi connectivity index (χ0) is 11.7. The fourth-order valence-corrected chi connectivity index (χ4v) is 1.67. The van der Waals surface area contributed by atoms with Gasteiger partial charge in [0.2, 0.25) is 5.88 Å². The van der Waals surface area contributed by atoms with E-state index >= 15 is 0 Å². The van der Waals surface area contributed by atoms with Crippen LogP contribution in [0.5, 0.6) is 0 Å². The molecule has 17 heavy (non-hydrogen) atoms. The van der Waals surface area contributed by atoms with E-state index in [1.807, 2.05) is 12.1 Å². The minimum Gasteiger partial charge on any atom is -0.463 e. The van der Waals surface area contributed by atoms with Gasteiger partial charge < -0.3 is 14.7 Å². The molecule has 3 rings (SSSR count). The summed E-state index contributed by atoms with van der Waals surface area (Å²) < 4.78 is 10.3. The van der Waals surface area contributed by atoms with Crippen molar-refractivity contribution >= 4 is 5.88 Å². The summed E-state index contributed by atoms with van der Waals surface area (Å²) in [6.07, 6.45) is 4.97. The molecule has 3 aromatic heterocycles. The van der Waals surface area contributed by atoms with E-state index in [4.69, 9.17) is 14.7 Å². The first-order valence-electron chi connectivity index (χ1n) is 5.05. The minimum atomic E-state index is 0.254.